The Morgan fingerprint density at radius 1 is 1.50 bits per heavy atom. The van der Waals surface area contributed by atoms with Crippen LogP contribution < -0.4 is 10.2 Å². The van der Waals surface area contributed by atoms with Gasteiger partial charge in [0.1, 0.15) is 5.82 Å². The molecule has 0 aliphatic rings. The zero-order valence-corrected chi connectivity index (χ0v) is 10.4. The summed E-state index contributed by atoms with van der Waals surface area (Å²) in [5.74, 6) is 1.53. The highest BCUT2D eigenvalue weighted by Gasteiger charge is 2.03. The maximum atomic E-state index is 5.42. The SMILES string of the molecule is CCOC(C)CNc1ccnc(N(C)C)n1. The zero-order valence-electron chi connectivity index (χ0n) is 10.4. The highest BCUT2D eigenvalue weighted by Crippen LogP contribution is 2.07. The van der Waals surface area contributed by atoms with Crippen molar-refractivity contribution in [3.63, 3.8) is 0 Å². The van der Waals surface area contributed by atoms with E-state index in [-0.39, 0.29) is 6.10 Å². The molecule has 0 saturated heterocycles. The average molecular weight is 224 g/mol. The van der Waals surface area contributed by atoms with E-state index in [1.165, 1.54) is 0 Å². The first-order valence-electron chi connectivity index (χ1n) is 5.49. The van der Waals surface area contributed by atoms with E-state index in [1.807, 2.05) is 38.9 Å². The quantitative estimate of drug-likeness (QED) is 0.791. The Morgan fingerprint density at radius 3 is 2.88 bits per heavy atom. The third-order valence-corrected chi connectivity index (χ3v) is 2.06. The summed E-state index contributed by atoms with van der Waals surface area (Å²) in [5.41, 5.74) is 0. The van der Waals surface area contributed by atoms with Crippen LogP contribution in [0.3, 0.4) is 0 Å². The maximum absolute atomic E-state index is 5.42. The van der Waals surface area contributed by atoms with Gasteiger partial charge in [-0.1, -0.05) is 0 Å². The molecule has 90 valence electrons. The monoisotopic (exact) mass is 224 g/mol. The minimum atomic E-state index is 0.183. The van der Waals surface area contributed by atoms with Gasteiger partial charge in [0.2, 0.25) is 5.95 Å². The molecule has 0 aliphatic carbocycles. The van der Waals surface area contributed by atoms with Crippen LogP contribution in [0.4, 0.5) is 11.8 Å². The molecule has 0 aromatic carbocycles. The molecule has 1 aromatic rings. The average Bonchev–Trinajstić information content (AvgIpc) is 2.27. The first kappa shape index (κ1) is 12.7. The molecule has 0 amide bonds. The van der Waals surface area contributed by atoms with Gasteiger partial charge in [0.15, 0.2) is 0 Å². The molecule has 1 rings (SSSR count). The van der Waals surface area contributed by atoms with Crippen molar-refractivity contribution in [2.45, 2.75) is 20.0 Å². The number of anilines is 2. The van der Waals surface area contributed by atoms with Crippen molar-refractivity contribution in [2.24, 2.45) is 0 Å². The van der Waals surface area contributed by atoms with Crippen LogP contribution in [0.1, 0.15) is 13.8 Å². The predicted molar refractivity (Wildman–Crippen MR) is 65.9 cm³/mol. The molecule has 5 heteroatoms. The molecule has 0 bridgehead atoms. The number of aromatic nitrogens is 2. The van der Waals surface area contributed by atoms with Crippen molar-refractivity contribution in [1.82, 2.24) is 9.97 Å². The molecule has 0 aliphatic heterocycles. The molecule has 0 fully saturated rings. The van der Waals surface area contributed by atoms with E-state index in [0.717, 1.165) is 19.0 Å². The normalized spacial score (nSPS) is 12.2. The van der Waals surface area contributed by atoms with Crippen molar-refractivity contribution in [2.75, 3.05) is 37.5 Å². The summed E-state index contributed by atoms with van der Waals surface area (Å²) in [6, 6.07) is 1.85. The van der Waals surface area contributed by atoms with Crippen LogP contribution in [0.2, 0.25) is 0 Å². The zero-order chi connectivity index (χ0) is 12.0. The van der Waals surface area contributed by atoms with E-state index in [0.29, 0.717) is 5.95 Å². The van der Waals surface area contributed by atoms with Gasteiger partial charge in [0, 0.05) is 33.4 Å². The Bertz CT molecular complexity index is 317. The lowest BCUT2D eigenvalue weighted by Gasteiger charge is -2.14. The van der Waals surface area contributed by atoms with Crippen LogP contribution in [-0.4, -0.2) is 43.3 Å². The number of nitrogens with zero attached hydrogens (tertiary/aromatic N) is 3. The van der Waals surface area contributed by atoms with Crippen molar-refractivity contribution in [3.05, 3.63) is 12.3 Å². The lowest BCUT2D eigenvalue weighted by Crippen LogP contribution is -2.21. The van der Waals surface area contributed by atoms with Crippen LogP contribution in [0.5, 0.6) is 0 Å². The summed E-state index contributed by atoms with van der Waals surface area (Å²) in [4.78, 5) is 10.4. The minimum Gasteiger partial charge on any atom is -0.377 e. The van der Waals surface area contributed by atoms with Gasteiger partial charge < -0.3 is 15.0 Å². The second kappa shape index (κ2) is 6.27. The van der Waals surface area contributed by atoms with Crippen molar-refractivity contribution in [3.8, 4) is 0 Å². The molecule has 1 atom stereocenters. The Hall–Kier alpha value is -1.36. The fraction of sp³-hybridized carbons (Fsp3) is 0.636. The fourth-order valence-corrected chi connectivity index (χ4v) is 1.25. The number of nitrogens with one attached hydrogen (secondary N) is 1. The van der Waals surface area contributed by atoms with Crippen LogP contribution in [0, 0.1) is 0 Å². The topological polar surface area (TPSA) is 50.3 Å². The van der Waals surface area contributed by atoms with Gasteiger partial charge in [-0.05, 0) is 19.9 Å². The molecule has 1 heterocycles. The van der Waals surface area contributed by atoms with E-state index < -0.39 is 0 Å². The van der Waals surface area contributed by atoms with Gasteiger partial charge >= 0.3 is 0 Å². The van der Waals surface area contributed by atoms with Gasteiger partial charge in [-0.3, -0.25) is 0 Å². The lowest BCUT2D eigenvalue weighted by molar-refractivity contribution is 0.0855. The summed E-state index contributed by atoms with van der Waals surface area (Å²) >= 11 is 0. The highest BCUT2D eigenvalue weighted by molar-refractivity contribution is 5.40. The van der Waals surface area contributed by atoms with E-state index >= 15 is 0 Å². The Kier molecular flexibility index (Phi) is 4.98. The van der Waals surface area contributed by atoms with Crippen LogP contribution >= 0.6 is 0 Å². The van der Waals surface area contributed by atoms with E-state index in [1.54, 1.807) is 6.20 Å². The third kappa shape index (κ3) is 4.02. The van der Waals surface area contributed by atoms with Gasteiger partial charge in [-0.25, -0.2) is 4.98 Å². The van der Waals surface area contributed by atoms with E-state index in [9.17, 15) is 0 Å². The van der Waals surface area contributed by atoms with Crippen molar-refractivity contribution in [1.29, 1.82) is 0 Å². The Labute approximate surface area is 96.8 Å². The molecule has 0 saturated carbocycles. The smallest absolute Gasteiger partial charge is 0.226 e. The summed E-state index contributed by atoms with van der Waals surface area (Å²) in [7, 11) is 3.84. The van der Waals surface area contributed by atoms with Gasteiger partial charge in [0.25, 0.3) is 0 Å². The van der Waals surface area contributed by atoms with Gasteiger partial charge in [0.05, 0.1) is 6.10 Å². The molecular formula is C11H20N4O. The largest absolute Gasteiger partial charge is 0.377 e. The third-order valence-electron chi connectivity index (χ3n) is 2.06. The number of ether oxygens (including phenoxy) is 1. The number of hydrogen-bond acceptors (Lipinski definition) is 5. The summed E-state index contributed by atoms with van der Waals surface area (Å²) in [6.45, 7) is 5.50. The first-order chi connectivity index (χ1) is 7.63. The van der Waals surface area contributed by atoms with Crippen LogP contribution in [0.15, 0.2) is 12.3 Å². The first-order valence-corrected chi connectivity index (χ1v) is 5.49. The molecule has 1 aromatic heterocycles. The van der Waals surface area contributed by atoms with E-state index in [4.69, 9.17) is 4.74 Å². The highest BCUT2D eigenvalue weighted by atomic mass is 16.5. The standard InChI is InChI=1S/C11H20N4O/c1-5-16-9(2)8-13-10-6-7-12-11(14-10)15(3)4/h6-7,9H,5,8H2,1-4H3,(H,12,13,14). The fourth-order valence-electron chi connectivity index (χ4n) is 1.25. The molecule has 5 nitrogen and oxygen atoms in total. The second-order valence-corrected chi connectivity index (χ2v) is 3.78. The number of hydrogen-bond donors (Lipinski definition) is 1. The van der Waals surface area contributed by atoms with Crippen LogP contribution in [-0.2, 0) is 4.74 Å². The van der Waals surface area contributed by atoms with Gasteiger partial charge in [-0.15, -0.1) is 0 Å². The second-order valence-electron chi connectivity index (χ2n) is 3.78. The van der Waals surface area contributed by atoms with E-state index in [2.05, 4.69) is 15.3 Å². The molecule has 1 N–H and O–H groups in total. The van der Waals surface area contributed by atoms with Crippen LogP contribution in [0.25, 0.3) is 0 Å². The maximum Gasteiger partial charge on any atom is 0.226 e. The van der Waals surface area contributed by atoms with Crippen molar-refractivity contribution < 1.29 is 4.74 Å². The van der Waals surface area contributed by atoms with Crippen molar-refractivity contribution >= 4 is 11.8 Å². The molecular weight excluding hydrogens is 204 g/mol. The Morgan fingerprint density at radius 2 is 2.25 bits per heavy atom. The summed E-state index contributed by atoms with van der Waals surface area (Å²) in [5, 5.41) is 3.22. The molecule has 16 heavy (non-hydrogen) atoms. The minimum absolute atomic E-state index is 0.183. The van der Waals surface area contributed by atoms with Gasteiger partial charge in [-0.2, -0.15) is 4.98 Å². The lowest BCUT2D eigenvalue weighted by atomic mass is 10.4. The molecule has 1 unspecified atom stereocenters. The molecule has 0 spiro atoms. The number of rotatable bonds is 6. The Balaban J connectivity index is 2.50. The summed E-state index contributed by atoms with van der Waals surface area (Å²) in [6.07, 6.45) is 1.93. The predicted octanol–water partition coefficient (Wildman–Crippen LogP) is 1.38. The molecule has 0 radical (unpaired) electrons. The summed E-state index contributed by atoms with van der Waals surface area (Å²) < 4.78 is 5.42.